The fraction of sp³-hybridized carbons (Fsp3) is 1.00. The minimum atomic E-state index is -0.956. The topological polar surface area (TPSA) is 223 Å². The summed E-state index contributed by atoms with van der Waals surface area (Å²) in [5, 5.41) is 59.3. The molecule has 0 saturated heterocycles. The molecule has 0 rings (SSSR count). The van der Waals surface area contributed by atoms with Crippen LogP contribution in [0.25, 0.3) is 0 Å². The van der Waals surface area contributed by atoms with Crippen LogP contribution in [-0.2, 0) is 52.1 Å². The van der Waals surface area contributed by atoms with Crippen molar-refractivity contribution >= 4 is 0 Å². The number of hydrogen-bond acceptors (Lipinski definition) is 17. The first-order chi connectivity index (χ1) is 21.6. The van der Waals surface area contributed by atoms with Crippen LogP contribution in [0.3, 0.4) is 0 Å². The normalized spacial score (nSPS) is 17.5. The summed E-state index contributed by atoms with van der Waals surface area (Å²) < 4.78 is 57.8. The smallest absolute Gasteiger partial charge is 0.104 e. The lowest BCUT2D eigenvalue weighted by Crippen LogP contribution is -2.34. The number of hydrogen-bond donors (Lipinski definition) is 6. The SMILES string of the molecule is COCC(O)COCC(O)COCC(O)COCC(COC)OCC(O)COCC(COC)OCC(O)COCC(O)COC. The molecule has 0 aliphatic carbocycles. The van der Waals surface area contributed by atoms with Crippen molar-refractivity contribution < 1.29 is 82.7 Å². The van der Waals surface area contributed by atoms with Gasteiger partial charge in [-0.3, -0.25) is 0 Å². The lowest BCUT2D eigenvalue weighted by atomic mass is 10.3. The van der Waals surface area contributed by atoms with Crippen LogP contribution in [0.4, 0.5) is 0 Å². The zero-order valence-electron chi connectivity index (χ0n) is 27.1. The summed E-state index contributed by atoms with van der Waals surface area (Å²) in [5.41, 5.74) is 0. The van der Waals surface area contributed by atoms with Gasteiger partial charge in [-0.15, -0.1) is 0 Å². The minimum Gasteiger partial charge on any atom is -0.388 e. The second kappa shape index (κ2) is 30.6. The maximum absolute atomic E-state index is 10.3. The molecule has 17 heteroatoms. The Labute approximate surface area is 266 Å². The Balaban J connectivity index is 4.14. The van der Waals surface area contributed by atoms with Gasteiger partial charge in [-0.2, -0.15) is 0 Å². The van der Waals surface area contributed by atoms with Gasteiger partial charge in [0.25, 0.3) is 0 Å². The number of aliphatic hydroxyl groups excluding tert-OH is 6. The third-order valence-corrected chi connectivity index (χ3v) is 5.56. The second-order valence-corrected chi connectivity index (χ2v) is 10.3. The van der Waals surface area contributed by atoms with E-state index in [0.717, 1.165) is 0 Å². The lowest BCUT2D eigenvalue weighted by Gasteiger charge is -2.22. The summed E-state index contributed by atoms with van der Waals surface area (Å²) in [7, 11) is 5.92. The van der Waals surface area contributed by atoms with E-state index in [9.17, 15) is 30.6 Å². The molecule has 0 radical (unpaired) electrons. The van der Waals surface area contributed by atoms with E-state index >= 15 is 0 Å². The Morgan fingerprint density at radius 1 is 0.289 bits per heavy atom. The van der Waals surface area contributed by atoms with Gasteiger partial charge in [0.05, 0.1) is 106 Å². The van der Waals surface area contributed by atoms with Gasteiger partial charge in [-0.05, 0) is 0 Å². The van der Waals surface area contributed by atoms with E-state index < -0.39 is 48.8 Å². The zero-order chi connectivity index (χ0) is 33.7. The van der Waals surface area contributed by atoms with Gasteiger partial charge in [0.15, 0.2) is 0 Å². The van der Waals surface area contributed by atoms with Crippen LogP contribution in [0.1, 0.15) is 0 Å². The van der Waals surface area contributed by atoms with Crippen molar-refractivity contribution in [1.29, 1.82) is 0 Å². The molecule has 0 aliphatic rings. The first kappa shape index (κ1) is 44.3. The van der Waals surface area contributed by atoms with E-state index in [1.807, 2.05) is 0 Å². The van der Waals surface area contributed by atoms with Crippen LogP contribution >= 0.6 is 0 Å². The van der Waals surface area contributed by atoms with Crippen LogP contribution in [0, 0.1) is 0 Å². The van der Waals surface area contributed by atoms with Crippen molar-refractivity contribution in [2.75, 3.05) is 134 Å². The molecule has 0 heterocycles. The predicted molar refractivity (Wildman–Crippen MR) is 157 cm³/mol. The summed E-state index contributed by atoms with van der Waals surface area (Å²) in [5.74, 6) is 0. The molecule has 8 unspecified atom stereocenters. The first-order valence-electron chi connectivity index (χ1n) is 14.8. The summed E-state index contributed by atoms with van der Waals surface area (Å²) in [6.45, 7) is 0.465. The van der Waals surface area contributed by atoms with E-state index in [1.165, 1.54) is 28.4 Å². The lowest BCUT2D eigenvalue weighted by molar-refractivity contribution is -0.115. The van der Waals surface area contributed by atoms with E-state index in [4.69, 9.17) is 52.1 Å². The maximum Gasteiger partial charge on any atom is 0.104 e. The Morgan fingerprint density at radius 3 is 0.778 bits per heavy atom. The molecule has 0 aromatic heterocycles. The number of aliphatic hydroxyl groups is 6. The highest BCUT2D eigenvalue weighted by Crippen LogP contribution is 2.02. The molecule has 0 saturated carbocycles. The maximum atomic E-state index is 10.3. The molecule has 0 fully saturated rings. The summed E-state index contributed by atoms with van der Waals surface area (Å²) >= 11 is 0. The van der Waals surface area contributed by atoms with Crippen LogP contribution in [0.5, 0.6) is 0 Å². The Bertz CT molecular complexity index is 622. The van der Waals surface area contributed by atoms with Crippen LogP contribution in [0.2, 0.25) is 0 Å². The van der Waals surface area contributed by atoms with Gasteiger partial charge >= 0.3 is 0 Å². The highest BCUT2D eigenvalue weighted by Gasteiger charge is 2.18. The van der Waals surface area contributed by atoms with E-state index in [0.29, 0.717) is 0 Å². The molecule has 6 N–H and O–H groups in total. The molecular formula is C28H58O17. The van der Waals surface area contributed by atoms with Crippen LogP contribution < -0.4 is 0 Å². The van der Waals surface area contributed by atoms with Gasteiger partial charge in [0.2, 0.25) is 0 Å². The molecule has 272 valence electrons. The van der Waals surface area contributed by atoms with E-state index in [1.54, 1.807) is 0 Å². The highest BCUT2D eigenvalue weighted by atomic mass is 16.6. The van der Waals surface area contributed by atoms with Gasteiger partial charge in [0.1, 0.15) is 48.8 Å². The number of rotatable bonds is 34. The van der Waals surface area contributed by atoms with E-state index in [2.05, 4.69) is 0 Å². The summed E-state index contributed by atoms with van der Waals surface area (Å²) in [6, 6.07) is 0. The standard InChI is InChI=1S/C28H58O17/c1-35-5-21(29)7-39-9-23(31)10-41-11-24(32)12-42-19-27(17-37-3)45-16-26(34)14-43-20-28(18-38-4)44-15-25(33)13-40-8-22(30)6-36-2/h21-34H,5-20H2,1-4H3. The highest BCUT2D eigenvalue weighted by molar-refractivity contribution is 4.64. The van der Waals surface area contributed by atoms with E-state index in [-0.39, 0.29) is 106 Å². The third-order valence-electron chi connectivity index (χ3n) is 5.56. The number of methoxy groups -OCH3 is 4. The molecular weight excluding hydrogens is 608 g/mol. The summed E-state index contributed by atoms with van der Waals surface area (Å²) in [4.78, 5) is 0. The van der Waals surface area contributed by atoms with Gasteiger partial charge in [0, 0.05) is 28.4 Å². The molecule has 17 nitrogen and oxygen atoms in total. The minimum absolute atomic E-state index is 0.0209. The predicted octanol–water partition coefficient (Wildman–Crippen LogP) is -3.41. The van der Waals surface area contributed by atoms with Crippen molar-refractivity contribution in [3.8, 4) is 0 Å². The van der Waals surface area contributed by atoms with Crippen LogP contribution in [0.15, 0.2) is 0 Å². The average Bonchev–Trinajstić information content (AvgIpc) is 2.99. The third kappa shape index (κ3) is 28.1. The molecule has 0 aromatic rings. The van der Waals surface area contributed by atoms with Gasteiger partial charge < -0.3 is 82.7 Å². The molecule has 0 bridgehead atoms. The fourth-order valence-electron chi connectivity index (χ4n) is 3.52. The monoisotopic (exact) mass is 666 g/mol. The van der Waals surface area contributed by atoms with Crippen molar-refractivity contribution in [1.82, 2.24) is 0 Å². The quantitative estimate of drug-likeness (QED) is 0.0394. The average molecular weight is 667 g/mol. The molecule has 0 spiro atoms. The Morgan fingerprint density at radius 2 is 0.511 bits per heavy atom. The van der Waals surface area contributed by atoms with Crippen molar-refractivity contribution in [2.24, 2.45) is 0 Å². The fourth-order valence-corrected chi connectivity index (χ4v) is 3.52. The van der Waals surface area contributed by atoms with Crippen molar-refractivity contribution in [2.45, 2.75) is 48.8 Å². The van der Waals surface area contributed by atoms with Gasteiger partial charge in [-0.1, -0.05) is 0 Å². The van der Waals surface area contributed by atoms with Crippen LogP contribution in [-0.4, -0.2) is 214 Å². The van der Waals surface area contributed by atoms with Crippen molar-refractivity contribution in [3.63, 3.8) is 0 Å². The Hall–Kier alpha value is -0.680. The molecule has 0 aromatic carbocycles. The largest absolute Gasteiger partial charge is 0.388 e. The molecule has 45 heavy (non-hydrogen) atoms. The van der Waals surface area contributed by atoms with Crippen molar-refractivity contribution in [3.05, 3.63) is 0 Å². The summed E-state index contributed by atoms with van der Waals surface area (Å²) in [6.07, 6.45) is -6.33. The molecule has 8 atom stereocenters. The zero-order valence-corrected chi connectivity index (χ0v) is 27.1. The van der Waals surface area contributed by atoms with Gasteiger partial charge in [-0.25, -0.2) is 0 Å². The molecule has 0 aliphatic heterocycles. The Kier molecular flexibility index (Phi) is 30.2. The number of ether oxygens (including phenoxy) is 11. The second-order valence-electron chi connectivity index (χ2n) is 10.3. The molecule has 0 amide bonds. The first-order valence-corrected chi connectivity index (χ1v) is 14.8.